The third-order valence-corrected chi connectivity index (χ3v) is 2.18. The lowest BCUT2D eigenvalue weighted by atomic mass is 10.2. The molecule has 0 aromatic heterocycles. The summed E-state index contributed by atoms with van der Waals surface area (Å²) in [4.78, 5) is 0. The van der Waals surface area contributed by atoms with Crippen molar-refractivity contribution in [1.29, 1.82) is 0 Å². The fourth-order valence-electron chi connectivity index (χ4n) is 1.03. The molecule has 2 rings (SSSR count). The summed E-state index contributed by atoms with van der Waals surface area (Å²) in [6.45, 7) is 0. The quantitative estimate of drug-likeness (QED) is 0.619. The van der Waals surface area contributed by atoms with Crippen molar-refractivity contribution in [1.82, 2.24) is 0 Å². The second-order valence-corrected chi connectivity index (χ2v) is 3.02. The Labute approximate surface area is 75.4 Å². The molecule has 1 heterocycles. The average molecular weight is 180 g/mol. The minimum Gasteiger partial charge on any atom is -0.497 e. The van der Waals surface area contributed by atoms with E-state index < -0.39 is 0 Å². The Morgan fingerprint density at radius 3 is 3.17 bits per heavy atom. The Balaban J connectivity index is 2.44. The van der Waals surface area contributed by atoms with Crippen molar-refractivity contribution in [3.8, 4) is 11.5 Å². The molecule has 0 spiro atoms. The maximum atomic E-state index is 5.32. The number of hydrogen-bond donors (Lipinski definition) is 0. The number of ether oxygens (including phenoxy) is 1. The topological polar surface area (TPSA) is 18.5 Å². The first-order valence-corrected chi connectivity index (χ1v) is 4.38. The summed E-state index contributed by atoms with van der Waals surface area (Å²) in [5, 5.41) is 1.91. The van der Waals surface area contributed by atoms with Gasteiger partial charge in [0.2, 0.25) is 0 Å². The van der Waals surface area contributed by atoms with Gasteiger partial charge in [0.15, 0.2) is 0 Å². The molecular weight excluding hydrogens is 172 g/mol. The van der Waals surface area contributed by atoms with Crippen molar-refractivity contribution in [3.05, 3.63) is 29.2 Å². The first-order chi connectivity index (χ1) is 5.90. The molecule has 12 heavy (non-hydrogen) atoms. The summed E-state index contributed by atoms with van der Waals surface area (Å²) in [7, 11) is 1.65. The molecule has 0 N–H and O–H groups in total. The van der Waals surface area contributed by atoms with Crippen LogP contribution in [0.4, 0.5) is 0 Å². The number of methoxy groups -OCH3 is 1. The highest BCUT2D eigenvalue weighted by molar-refractivity contribution is 7.98. The molecule has 62 valence electrons. The molecule has 0 saturated carbocycles. The molecular formula is C9H8O2S. The highest BCUT2D eigenvalue weighted by atomic mass is 32.2. The molecule has 3 heteroatoms. The minimum absolute atomic E-state index is 0.824. The van der Waals surface area contributed by atoms with Gasteiger partial charge in [0.1, 0.15) is 11.5 Å². The van der Waals surface area contributed by atoms with Crippen molar-refractivity contribution in [2.24, 2.45) is 0 Å². The maximum Gasteiger partial charge on any atom is 0.148 e. The van der Waals surface area contributed by atoms with E-state index >= 15 is 0 Å². The summed E-state index contributed by atoms with van der Waals surface area (Å²) in [6, 6.07) is 5.78. The van der Waals surface area contributed by atoms with E-state index in [0.29, 0.717) is 0 Å². The van der Waals surface area contributed by atoms with E-state index in [-0.39, 0.29) is 0 Å². The predicted octanol–water partition coefficient (Wildman–Crippen LogP) is 2.71. The van der Waals surface area contributed by atoms with Gasteiger partial charge in [0.05, 0.1) is 19.2 Å². The van der Waals surface area contributed by atoms with Crippen LogP contribution in [-0.2, 0) is 0 Å². The fourth-order valence-corrected chi connectivity index (χ4v) is 1.54. The van der Waals surface area contributed by atoms with Crippen LogP contribution in [0.2, 0.25) is 0 Å². The Kier molecular flexibility index (Phi) is 1.96. The molecule has 0 aliphatic carbocycles. The second kappa shape index (κ2) is 3.11. The maximum absolute atomic E-state index is 5.32. The molecule has 0 atom stereocenters. The molecule has 0 saturated heterocycles. The average Bonchev–Trinajstić information content (AvgIpc) is 2.17. The second-order valence-electron chi connectivity index (χ2n) is 2.39. The Morgan fingerprint density at radius 2 is 2.33 bits per heavy atom. The summed E-state index contributed by atoms with van der Waals surface area (Å²) in [6.07, 6.45) is 2.02. The normalized spacial score (nSPS) is 13.4. The lowest BCUT2D eigenvalue weighted by Gasteiger charge is -2.10. The fraction of sp³-hybridized carbons (Fsp3) is 0.111. The van der Waals surface area contributed by atoms with Crippen molar-refractivity contribution in [3.63, 3.8) is 0 Å². The molecule has 0 radical (unpaired) electrons. The van der Waals surface area contributed by atoms with Crippen LogP contribution in [0.25, 0.3) is 6.08 Å². The van der Waals surface area contributed by atoms with Crippen LogP contribution in [0.15, 0.2) is 23.6 Å². The molecule has 2 nitrogen and oxygen atoms in total. The van der Waals surface area contributed by atoms with Gasteiger partial charge in [-0.05, 0) is 18.2 Å². The Hall–Kier alpha value is -1.09. The van der Waals surface area contributed by atoms with Crippen LogP contribution in [-0.4, -0.2) is 7.11 Å². The predicted molar refractivity (Wildman–Crippen MR) is 50.2 cm³/mol. The highest BCUT2D eigenvalue weighted by Crippen LogP contribution is 2.32. The van der Waals surface area contributed by atoms with Crippen molar-refractivity contribution < 1.29 is 8.92 Å². The highest BCUT2D eigenvalue weighted by Gasteiger charge is 2.06. The number of benzene rings is 1. The van der Waals surface area contributed by atoms with Crippen LogP contribution in [0.3, 0.4) is 0 Å². The van der Waals surface area contributed by atoms with Crippen LogP contribution in [0.1, 0.15) is 5.56 Å². The Bertz CT molecular complexity index is 320. The minimum atomic E-state index is 0.824. The van der Waals surface area contributed by atoms with Crippen LogP contribution in [0.5, 0.6) is 11.5 Å². The number of rotatable bonds is 1. The first-order valence-electron chi connectivity index (χ1n) is 3.58. The van der Waals surface area contributed by atoms with Gasteiger partial charge in [-0.25, -0.2) is 0 Å². The van der Waals surface area contributed by atoms with E-state index in [0.717, 1.165) is 17.1 Å². The van der Waals surface area contributed by atoms with E-state index in [1.54, 1.807) is 7.11 Å². The standard InChI is InChI=1S/C9H8O2S/c1-10-8-3-2-7-4-5-12-11-9(7)6-8/h2-6H,1H3. The molecule has 1 aromatic carbocycles. The van der Waals surface area contributed by atoms with Gasteiger partial charge in [-0.2, -0.15) is 0 Å². The van der Waals surface area contributed by atoms with Gasteiger partial charge in [0, 0.05) is 17.0 Å². The van der Waals surface area contributed by atoms with Crippen molar-refractivity contribution in [2.45, 2.75) is 0 Å². The zero-order valence-corrected chi connectivity index (χ0v) is 7.43. The van der Waals surface area contributed by atoms with Crippen LogP contribution in [0, 0.1) is 0 Å². The van der Waals surface area contributed by atoms with Gasteiger partial charge in [-0.1, -0.05) is 0 Å². The SMILES string of the molecule is COc1ccc2c(c1)OSC=C2. The first kappa shape index (κ1) is 7.55. The summed E-state index contributed by atoms with van der Waals surface area (Å²) in [5.74, 6) is 1.69. The lowest BCUT2D eigenvalue weighted by molar-refractivity contribution is 0.413. The van der Waals surface area contributed by atoms with Gasteiger partial charge in [0.25, 0.3) is 0 Å². The van der Waals surface area contributed by atoms with Gasteiger partial charge in [-0.15, -0.1) is 0 Å². The molecule has 0 fully saturated rings. The third-order valence-electron chi connectivity index (χ3n) is 1.66. The Morgan fingerprint density at radius 1 is 1.42 bits per heavy atom. The lowest BCUT2D eigenvalue weighted by Crippen LogP contribution is -1.90. The molecule has 0 amide bonds. The third kappa shape index (κ3) is 1.28. The summed E-state index contributed by atoms with van der Waals surface area (Å²) in [5.41, 5.74) is 1.09. The monoisotopic (exact) mass is 180 g/mol. The van der Waals surface area contributed by atoms with Crippen molar-refractivity contribution in [2.75, 3.05) is 7.11 Å². The smallest absolute Gasteiger partial charge is 0.148 e. The van der Waals surface area contributed by atoms with E-state index in [4.69, 9.17) is 8.92 Å². The number of fused-ring (bicyclic) bond motifs is 1. The van der Waals surface area contributed by atoms with Gasteiger partial charge in [-0.3, -0.25) is 0 Å². The van der Waals surface area contributed by atoms with Gasteiger partial charge < -0.3 is 8.92 Å². The number of hydrogen-bond acceptors (Lipinski definition) is 3. The molecule has 1 aliphatic rings. The van der Waals surface area contributed by atoms with E-state index in [1.165, 1.54) is 12.0 Å². The summed E-state index contributed by atoms with van der Waals surface area (Å²) < 4.78 is 10.4. The van der Waals surface area contributed by atoms with Crippen LogP contribution >= 0.6 is 12.0 Å². The molecule has 0 bridgehead atoms. The van der Waals surface area contributed by atoms with E-state index in [9.17, 15) is 0 Å². The van der Waals surface area contributed by atoms with Crippen molar-refractivity contribution >= 4 is 18.1 Å². The molecule has 1 aliphatic heterocycles. The van der Waals surface area contributed by atoms with E-state index in [1.807, 2.05) is 29.7 Å². The molecule has 1 aromatic rings. The van der Waals surface area contributed by atoms with Crippen LogP contribution < -0.4 is 8.92 Å². The molecule has 0 unspecified atom stereocenters. The van der Waals surface area contributed by atoms with E-state index in [2.05, 4.69) is 0 Å². The summed E-state index contributed by atoms with van der Waals surface area (Å²) >= 11 is 1.32. The zero-order chi connectivity index (χ0) is 8.39. The zero-order valence-electron chi connectivity index (χ0n) is 6.61. The largest absolute Gasteiger partial charge is 0.497 e. The van der Waals surface area contributed by atoms with Gasteiger partial charge >= 0.3 is 0 Å².